The van der Waals surface area contributed by atoms with Crippen molar-refractivity contribution < 1.29 is 9.47 Å². The van der Waals surface area contributed by atoms with Gasteiger partial charge in [-0.25, -0.2) is 0 Å². The third kappa shape index (κ3) is 25.0. The topological polar surface area (TPSA) is 18.5 Å². The van der Waals surface area contributed by atoms with E-state index in [9.17, 15) is 0 Å². The Kier molecular flexibility index (Phi) is 22.6. The van der Waals surface area contributed by atoms with Gasteiger partial charge in [0.2, 0.25) is 0 Å². The van der Waals surface area contributed by atoms with Gasteiger partial charge in [0, 0.05) is 14.2 Å². The Morgan fingerprint density at radius 1 is 0.591 bits per heavy atom. The molecule has 1 unspecified atom stereocenters. The van der Waals surface area contributed by atoms with Crippen molar-refractivity contribution in [1.82, 2.24) is 0 Å². The Morgan fingerprint density at radius 2 is 1.11 bits per heavy atom. The average molecular weight is 605 g/mol. The summed E-state index contributed by atoms with van der Waals surface area (Å²) in [6, 6.07) is 0. The third-order valence-corrected chi connectivity index (χ3v) is 8.02. The van der Waals surface area contributed by atoms with Crippen LogP contribution in [0.1, 0.15) is 127 Å². The number of methoxy groups -OCH3 is 2. The highest BCUT2D eigenvalue weighted by Gasteiger charge is 2.13. The number of hydrogen-bond donors (Lipinski definition) is 0. The summed E-state index contributed by atoms with van der Waals surface area (Å²) in [5.41, 5.74) is 6.62. The van der Waals surface area contributed by atoms with E-state index in [2.05, 4.69) is 148 Å². The fourth-order valence-corrected chi connectivity index (χ4v) is 4.28. The van der Waals surface area contributed by atoms with Gasteiger partial charge in [0.1, 0.15) is 0 Å². The van der Waals surface area contributed by atoms with E-state index in [0.717, 1.165) is 44.9 Å². The summed E-state index contributed by atoms with van der Waals surface area (Å²) in [5, 5.41) is 0. The normalized spacial score (nSPS) is 16.0. The second-order valence-corrected chi connectivity index (χ2v) is 13.8. The summed E-state index contributed by atoms with van der Waals surface area (Å²) in [7, 11) is 3.54. The van der Waals surface area contributed by atoms with Crippen molar-refractivity contribution in [3.63, 3.8) is 0 Å². The first-order valence-corrected chi connectivity index (χ1v) is 16.8. The quantitative estimate of drug-likeness (QED) is 0.0904. The molecule has 44 heavy (non-hydrogen) atoms. The SMILES string of the molecule is COC(C)(C)C/C=C/C(C)=C/C=C/C(C)=C/CC/C(C)=C/C=C/CC(C)CC/C=C(\C)CC/C=C(C)/C=C/CC(C)(C)OC. The molecule has 0 bridgehead atoms. The molecule has 0 aromatic carbocycles. The van der Waals surface area contributed by atoms with Crippen LogP contribution in [0.4, 0.5) is 0 Å². The van der Waals surface area contributed by atoms with Crippen molar-refractivity contribution >= 4 is 0 Å². The van der Waals surface area contributed by atoms with Crippen molar-refractivity contribution in [1.29, 1.82) is 0 Å². The van der Waals surface area contributed by atoms with Gasteiger partial charge in [-0.1, -0.05) is 114 Å². The molecule has 0 heterocycles. The van der Waals surface area contributed by atoms with Crippen LogP contribution in [-0.4, -0.2) is 25.4 Å². The number of allylic oxidation sites excluding steroid dienone is 16. The standard InChI is InChI=1S/C42H68O2/c1-35(23-15-25-37(3)27-17-29-39(5)31-19-33-41(7,8)43-11)21-13-14-22-36(2)24-16-26-38(4)28-18-30-40(6)32-20-34-42(9,10)44-12/h13-14,17,19-21,25-27,29-32,36H,15-16,18,22-24,28,33-34H2,1-12H3/b14-13+,27-17+,31-19+,32-20+,35-21+,37-25+,38-26+,39-29+,40-30+. The fraction of sp³-hybridized carbons (Fsp3) is 0.571. The van der Waals surface area contributed by atoms with E-state index in [-0.39, 0.29) is 11.2 Å². The molecule has 0 amide bonds. The largest absolute Gasteiger partial charge is 0.378 e. The second-order valence-electron chi connectivity index (χ2n) is 13.8. The Labute approximate surface area is 274 Å². The lowest BCUT2D eigenvalue weighted by atomic mass is 9.99. The lowest BCUT2D eigenvalue weighted by Gasteiger charge is -2.20. The van der Waals surface area contributed by atoms with Crippen molar-refractivity contribution in [3.8, 4) is 0 Å². The van der Waals surface area contributed by atoms with Gasteiger partial charge in [0.05, 0.1) is 11.2 Å². The molecule has 0 saturated carbocycles. The Bertz CT molecular complexity index is 1060. The molecule has 0 aliphatic heterocycles. The molecule has 0 N–H and O–H groups in total. The van der Waals surface area contributed by atoms with Crippen LogP contribution in [0.15, 0.2) is 107 Å². The first-order chi connectivity index (χ1) is 20.7. The van der Waals surface area contributed by atoms with E-state index in [1.807, 2.05) is 0 Å². The van der Waals surface area contributed by atoms with E-state index in [1.54, 1.807) is 14.2 Å². The summed E-state index contributed by atoms with van der Waals surface area (Å²) < 4.78 is 10.9. The van der Waals surface area contributed by atoms with Gasteiger partial charge < -0.3 is 9.47 Å². The van der Waals surface area contributed by atoms with Gasteiger partial charge in [-0.15, -0.1) is 0 Å². The molecule has 0 spiro atoms. The van der Waals surface area contributed by atoms with Crippen LogP contribution in [0.3, 0.4) is 0 Å². The molecule has 0 fully saturated rings. The van der Waals surface area contributed by atoms with Crippen molar-refractivity contribution in [2.75, 3.05) is 14.2 Å². The second kappa shape index (κ2) is 23.9. The van der Waals surface area contributed by atoms with Gasteiger partial charge in [-0.2, -0.15) is 0 Å². The van der Waals surface area contributed by atoms with Crippen LogP contribution in [0.25, 0.3) is 0 Å². The van der Waals surface area contributed by atoms with E-state index < -0.39 is 0 Å². The van der Waals surface area contributed by atoms with E-state index in [0.29, 0.717) is 5.92 Å². The molecule has 1 atom stereocenters. The summed E-state index contributed by atoms with van der Waals surface area (Å²) in [4.78, 5) is 0. The molecule has 0 aromatic rings. The van der Waals surface area contributed by atoms with Crippen LogP contribution in [0, 0.1) is 5.92 Å². The van der Waals surface area contributed by atoms with Crippen LogP contribution in [-0.2, 0) is 9.47 Å². The first-order valence-electron chi connectivity index (χ1n) is 16.8. The number of ether oxygens (including phenoxy) is 2. The molecule has 0 rings (SSSR count). The highest BCUT2D eigenvalue weighted by Crippen LogP contribution is 2.17. The predicted octanol–water partition coefficient (Wildman–Crippen LogP) is 12.9. The molecule has 0 saturated heterocycles. The lowest BCUT2D eigenvalue weighted by molar-refractivity contribution is 0.0252. The zero-order chi connectivity index (χ0) is 33.4. The molecule has 2 nitrogen and oxygen atoms in total. The fourth-order valence-electron chi connectivity index (χ4n) is 4.28. The Hall–Kier alpha value is -2.42. The maximum Gasteiger partial charge on any atom is 0.0657 e. The monoisotopic (exact) mass is 605 g/mol. The van der Waals surface area contributed by atoms with Crippen LogP contribution in [0.2, 0.25) is 0 Å². The summed E-state index contributed by atoms with van der Waals surface area (Å²) in [6.45, 7) is 21.8. The minimum absolute atomic E-state index is 0.0904. The van der Waals surface area contributed by atoms with Crippen LogP contribution < -0.4 is 0 Å². The van der Waals surface area contributed by atoms with E-state index >= 15 is 0 Å². The average Bonchev–Trinajstić information content (AvgIpc) is 2.95. The molecule has 0 aromatic heterocycles. The maximum absolute atomic E-state index is 5.48. The van der Waals surface area contributed by atoms with Gasteiger partial charge in [0.25, 0.3) is 0 Å². The zero-order valence-electron chi connectivity index (χ0n) is 30.8. The maximum atomic E-state index is 5.48. The molecule has 248 valence electrons. The van der Waals surface area contributed by atoms with E-state index in [1.165, 1.54) is 40.7 Å². The van der Waals surface area contributed by atoms with Crippen molar-refractivity contribution in [2.45, 2.75) is 138 Å². The van der Waals surface area contributed by atoms with Gasteiger partial charge in [-0.3, -0.25) is 0 Å². The Morgan fingerprint density at radius 3 is 1.68 bits per heavy atom. The van der Waals surface area contributed by atoms with Crippen LogP contribution in [0.5, 0.6) is 0 Å². The van der Waals surface area contributed by atoms with Gasteiger partial charge in [-0.05, 0) is 126 Å². The Balaban J connectivity index is 4.34. The highest BCUT2D eigenvalue weighted by molar-refractivity contribution is 5.26. The van der Waals surface area contributed by atoms with Crippen molar-refractivity contribution in [2.24, 2.45) is 5.92 Å². The number of hydrogen-bond acceptors (Lipinski definition) is 2. The van der Waals surface area contributed by atoms with Gasteiger partial charge in [0.15, 0.2) is 0 Å². The summed E-state index contributed by atoms with van der Waals surface area (Å²) in [5.74, 6) is 0.704. The molecular formula is C42H68O2. The van der Waals surface area contributed by atoms with Crippen LogP contribution >= 0.6 is 0 Å². The number of rotatable bonds is 22. The minimum atomic E-state index is -0.108. The smallest absolute Gasteiger partial charge is 0.0657 e. The highest BCUT2D eigenvalue weighted by atomic mass is 16.5. The van der Waals surface area contributed by atoms with Crippen molar-refractivity contribution in [3.05, 3.63) is 107 Å². The van der Waals surface area contributed by atoms with E-state index in [4.69, 9.17) is 9.47 Å². The molecular weight excluding hydrogens is 536 g/mol. The lowest BCUT2D eigenvalue weighted by Crippen LogP contribution is -2.20. The van der Waals surface area contributed by atoms with Gasteiger partial charge >= 0.3 is 0 Å². The minimum Gasteiger partial charge on any atom is -0.378 e. The molecule has 0 aliphatic rings. The summed E-state index contributed by atoms with van der Waals surface area (Å²) >= 11 is 0. The predicted molar refractivity (Wildman–Crippen MR) is 198 cm³/mol. The first kappa shape index (κ1) is 41.6. The molecule has 2 heteroatoms. The molecule has 0 radical (unpaired) electrons. The summed E-state index contributed by atoms with van der Waals surface area (Å²) in [6.07, 6.45) is 39.0. The molecule has 0 aliphatic carbocycles. The third-order valence-electron chi connectivity index (χ3n) is 8.02. The zero-order valence-corrected chi connectivity index (χ0v) is 30.8.